The van der Waals surface area contributed by atoms with Gasteiger partial charge in [0, 0.05) is 24.6 Å². The van der Waals surface area contributed by atoms with Gasteiger partial charge in [-0.2, -0.15) is 0 Å². The van der Waals surface area contributed by atoms with Gasteiger partial charge in [0.1, 0.15) is 5.75 Å². The number of nitrogens with one attached hydrogen (secondary N) is 2. The van der Waals surface area contributed by atoms with Gasteiger partial charge in [0.15, 0.2) is 12.1 Å². The molecular formula is C32H30N4O5. The molecule has 0 aliphatic carbocycles. The number of hydrogen-bond acceptors (Lipinski definition) is 6. The summed E-state index contributed by atoms with van der Waals surface area (Å²) in [6.45, 7) is 2.46. The maximum Gasteiger partial charge on any atom is 0.411 e. The highest BCUT2D eigenvalue weighted by atomic mass is 16.6. The third-order valence-electron chi connectivity index (χ3n) is 6.87. The van der Waals surface area contributed by atoms with Gasteiger partial charge in [0.25, 0.3) is 5.91 Å². The second kappa shape index (κ2) is 12.3. The minimum absolute atomic E-state index is 0.216. The Kier molecular flexibility index (Phi) is 8.24. The Morgan fingerprint density at radius 3 is 2.41 bits per heavy atom. The van der Waals surface area contributed by atoms with E-state index in [0.717, 1.165) is 16.7 Å². The molecule has 1 aliphatic heterocycles. The Bertz CT molecular complexity index is 1520. The molecule has 0 bridgehead atoms. The molecule has 1 aromatic heterocycles. The second-order valence-corrected chi connectivity index (χ2v) is 9.72. The summed E-state index contributed by atoms with van der Waals surface area (Å²) in [5, 5.41) is 5.79. The highest BCUT2D eigenvalue weighted by molar-refractivity contribution is 6.06. The predicted molar refractivity (Wildman–Crippen MR) is 153 cm³/mol. The predicted octanol–water partition coefficient (Wildman–Crippen LogP) is 5.03. The van der Waals surface area contributed by atoms with Crippen LogP contribution in [-0.4, -0.2) is 40.9 Å². The van der Waals surface area contributed by atoms with Crippen molar-refractivity contribution in [3.05, 3.63) is 125 Å². The number of anilines is 1. The summed E-state index contributed by atoms with van der Waals surface area (Å²) in [7, 11) is 1.51. The number of pyridine rings is 1. The zero-order valence-corrected chi connectivity index (χ0v) is 22.7. The van der Waals surface area contributed by atoms with Crippen molar-refractivity contribution in [1.82, 2.24) is 15.2 Å². The number of amides is 3. The van der Waals surface area contributed by atoms with Gasteiger partial charge >= 0.3 is 6.09 Å². The minimum atomic E-state index is -0.908. The van der Waals surface area contributed by atoms with E-state index >= 15 is 0 Å². The van der Waals surface area contributed by atoms with Crippen LogP contribution in [-0.2, 0) is 22.6 Å². The number of nitrogens with zero attached hydrogens (tertiary/aromatic N) is 2. The molecule has 3 amide bonds. The standard InChI is InChI=1S/C32H30N4O5/c1-21-9-11-22(12-10-21)20-36-28(31(38)34-19-23-6-5-17-33-18-23)29(41-32(36)39)24-13-15-25(16-14-24)35-30(37)26-7-3-4-8-27(26)40-2/h3-18,28-29H,19-20H2,1-2H3,(H,34,38)(H,35,37)/t28-,29+/m0/s1. The first-order valence-electron chi connectivity index (χ1n) is 13.2. The molecule has 0 spiro atoms. The number of ether oxygens (including phenoxy) is 2. The van der Waals surface area contributed by atoms with Gasteiger partial charge in [-0.15, -0.1) is 0 Å². The van der Waals surface area contributed by atoms with Crippen LogP contribution in [0.25, 0.3) is 0 Å². The van der Waals surface area contributed by atoms with Crippen LogP contribution in [0.3, 0.4) is 0 Å². The molecule has 9 heteroatoms. The van der Waals surface area contributed by atoms with Crippen LogP contribution < -0.4 is 15.4 Å². The highest BCUT2D eigenvalue weighted by Gasteiger charge is 2.46. The molecule has 2 heterocycles. The molecule has 2 atom stereocenters. The summed E-state index contributed by atoms with van der Waals surface area (Å²) < 4.78 is 11.1. The van der Waals surface area contributed by atoms with E-state index in [0.29, 0.717) is 22.6 Å². The monoisotopic (exact) mass is 550 g/mol. The number of para-hydroxylation sites is 1. The number of cyclic esters (lactones) is 1. The average molecular weight is 551 g/mol. The summed E-state index contributed by atoms with van der Waals surface area (Å²) in [5.41, 5.74) is 4.39. The van der Waals surface area contributed by atoms with Crippen LogP contribution in [0.4, 0.5) is 10.5 Å². The van der Waals surface area contributed by atoms with Crippen molar-refractivity contribution in [2.75, 3.05) is 12.4 Å². The zero-order valence-electron chi connectivity index (χ0n) is 22.7. The van der Waals surface area contributed by atoms with E-state index in [1.807, 2.05) is 37.3 Å². The lowest BCUT2D eigenvalue weighted by molar-refractivity contribution is -0.126. The lowest BCUT2D eigenvalue weighted by Crippen LogP contribution is -2.46. The van der Waals surface area contributed by atoms with Gasteiger partial charge < -0.3 is 20.1 Å². The van der Waals surface area contributed by atoms with Crippen molar-refractivity contribution in [1.29, 1.82) is 0 Å². The number of methoxy groups -OCH3 is 1. The Labute approximate surface area is 238 Å². The summed E-state index contributed by atoms with van der Waals surface area (Å²) in [5.74, 6) is -0.196. The van der Waals surface area contributed by atoms with Gasteiger partial charge in [-0.25, -0.2) is 4.79 Å². The fourth-order valence-electron chi connectivity index (χ4n) is 4.68. The maximum atomic E-state index is 13.6. The first kappa shape index (κ1) is 27.4. The van der Waals surface area contributed by atoms with Gasteiger partial charge in [0.05, 0.1) is 19.2 Å². The fraction of sp³-hybridized carbons (Fsp3) is 0.188. The molecule has 9 nitrogen and oxygen atoms in total. The van der Waals surface area contributed by atoms with Crippen LogP contribution in [0.2, 0.25) is 0 Å². The Hall–Kier alpha value is -5.18. The average Bonchev–Trinajstić information content (AvgIpc) is 3.33. The molecule has 2 N–H and O–H groups in total. The first-order chi connectivity index (χ1) is 19.9. The first-order valence-corrected chi connectivity index (χ1v) is 13.2. The van der Waals surface area contributed by atoms with Crippen LogP contribution in [0.1, 0.15) is 38.7 Å². The highest BCUT2D eigenvalue weighted by Crippen LogP contribution is 2.35. The SMILES string of the molecule is COc1ccccc1C(=O)Nc1ccc([C@H]2OC(=O)N(Cc3ccc(C)cc3)[C@@H]2C(=O)NCc2cccnc2)cc1. The van der Waals surface area contributed by atoms with Crippen LogP contribution in [0.15, 0.2) is 97.3 Å². The summed E-state index contributed by atoms with van der Waals surface area (Å²) in [4.78, 5) is 45.0. The molecule has 5 rings (SSSR count). The molecule has 1 fully saturated rings. The van der Waals surface area contributed by atoms with E-state index in [-0.39, 0.29) is 24.9 Å². The van der Waals surface area contributed by atoms with Crippen molar-refractivity contribution < 1.29 is 23.9 Å². The second-order valence-electron chi connectivity index (χ2n) is 9.72. The Balaban J connectivity index is 1.36. The molecule has 1 saturated heterocycles. The lowest BCUT2D eigenvalue weighted by Gasteiger charge is -2.24. The minimum Gasteiger partial charge on any atom is -0.496 e. The third kappa shape index (κ3) is 6.36. The van der Waals surface area contributed by atoms with Crippen molar-refractivity contribution >= 4 is 23.6 Å². The molecule has 0 saturated carbocycles. The molecule has 3 aromatic carbocycles. The molecule has 1 aliphatic rings. The largest absolute Gasteiger partial charge is 0.496 e. The molecule has 208 valence electrons. The quantitative estimate of drug-likeness (QED) is 0.303. The van der Waals surface area contributed by atoms with E-state index in [9.17, 15) is 14.4 Å². The molecule has 41 heavy (non-hydrogen) atoms. The van der Waals surface area contributed by atoms with E-state index in [1.165, 1.54) is 12.0 Å². The van der Waals surface area contributed by atoms with Crippen LogP contribution in [0.5, 0.6) is 5.75 Å². The number of rotatable bonds is 9. The number of hydrogen-bond donors (Lipinski definition) is 2. The van der Waals surface area contributed by atoms with Gasteiger partial charge in [-0.1, -0.05) is 60.2 Å². The van der Waals surface area contributed by atoms with Gasteiger partial charge in [-0.3, -0.25) is 19.5 Å². The van der Waals surface area contributed by atoms with Crippen molar-refractivity contribution in [2.45, 2.75) is 32.2 Å². The Morgan fingerprint density at radius 1 is 0.951 bits per heavy atom. The van der Waals surface area contributed by atoms with Crippen molar-refractivity contribution in [2.24, 2.45) is 0 Å². The normalized spacial score (nSPS) is 16.1. The van der Waals surface area contributed by atoms with Crippen LogP contribution in [0, 0.1) is 6.92 Å². The molecule has 0 radical (unpaired) electrons. The summed E-state index contributed by atoms with van der Waals surface area (Å²) >= 11 is 0. The lowest BCUT2D eigenvalue weighted by atomic mass is 10.00. The van der Waals surface area contributed by atoms with Crippen molar-refractivity contribution in [3.8, 4) is 5.75 Å². The van der Waals surface area contributed by atoms with E-state index in [2.05, 4.69) is 15.6 Å². The number of benzene rings is 3. The van der Waals surface area contributed by atoms with Gasteiger partial charge in [0.2, 0.25) is 5.91 Å². The zero-order chi connectivity index (χ0) is 28.8. The smallest absolute Gasteiger partial charge is 0.411 e. The number of aryl methyl sites for hydroxylation is 1. The molecule has 0 unspecified atom stereocenters. The van der Waals surface area contributed by atoms with Gasteiger partial charge in [-0.05, 0) is 53.9 Å². The van der Waals surface area contributed by atoms with Crippen molar-refractivity contribution in [3.63, 3.8) is 0 Å². The summed E-state index contributed by atoms with van der Waals surface area (Å²) in [6.07, 6.45) is 1.92. The molecular weight excluding hydrogens is 520 g/mol. The molecule has 4 aromatic rings. The maximum absolute atomic E-state index is 13.6. The number of carbonyl (C=O) groups excluding carboxylic acids is 3. The Morgan fingerprint density at radius 2 is 1.71 bits per heavy atom. The van der Waals surface area contributed by atoms with E-state index in [4.69, 9.17) is 9.47 Å². The topological polar surface area (TPSA) is 110 Å². The van der Waals surface area contributed by atoms with E-state index < -0.39 is 18.2 Å². The third-order valence-corrected chi connectivity index (χ3v) is 6.87. The number of aromatic nitrogens is 1. The van der Waals surface area contributed by atoms with Crippen LogP contribution >= 0.6 is 0 Å². The van der Waals surface area contributed by atoms with E-state index in [1.54, 1.807) is 67.0 Å². The summed E-state index contributed by atoms with van der Waals surface area (Å²) in [6, 6.07) is 24.4. The fourth-order valence-corrected chi connectivity index (χ4v) is 4.68. The number of carbonyl (C=O) groups is 3.